The Morgan fingerprint density at radius 2 is 1.40 bits per heavy atom. The minimum Gasteiger partial charge on any atom is -0.296 e. The minimum atomic E-state index is -2.66. The van der Waals surface area contributed by atoms with Crippen LogP contribution in [0, 0.1) is 5.92 Å². The van der Waals surface area contributed by atoms with Gasteiger partial charge in [-0.3, -0.25) is 4.57 Å². The van der Waals surface area contributed by atoms with Crippen molar-refractivity contribution in [3.63, 3.8) is 0 Å². The van der Waals surface area contributed by atoms with E-state index < -0.39 is 7.29 Å². The molecule has 2 aromatic rings. The summed E-state index contributed by atoms with van der Waals surface area (Å²) < 4.78 is 16.0. The van der Waals surface area contributed by atoms with Crippen molar-refractivity contribution < 1.29 is 4.57 Å². The molecular weight excluding hydrogens is 265 g/mol. The molecule has 2 aromatic carbocycles. The molecule has 0 aromatic heterocycles. The van der Waals surface area contributed by atoms with Gasteiger partial charge in [0.15, 0.2) is 0 Å². The summed E-state index contributed by atoms with van der Waals surface area (Å²) in [5, 5.41) is 1.88. The van der Waals surface area contributed by atoms with Crippen LogP contribution >= 0.6 is 7.29 Å². The molecule has 0 radical (unpaired) electrons. The average molecular weight is 285 g/mol. The quantitative estimate of drug-likeness (QED) is 0.635. The van der Waals surface area contributed by atoms with E-state index in [1.165, 1.54) is 0 Å². The predicted molar refractivity (Wildman–Crippen MR) is 85.1 cm³/mol. The lowest BCUT2D eigenvalue weighted by atomic mass is 10.1. The molecule has 2 atom stereocenters. The Kier molecular flexibility index (Phi) is 3.54. The molecule has 0 saturated carbocycles. The average Bonchev–Trinajstić information content (AvgIpc) is 3.29. The van der Waals surface area contributed by atoms with Gasteiger partial charge in [0.2, 0.25) is 7.29 Å². The molecule has 1 aliphatic heterocycles. The molecule has 20 heavy (non-hydrogen) atoms. The number of hydrogen-bond donors (Lipinski definition) is 0. The number of nitrogens with zero attached hydrogens (tertiary/aromatic N) is 1. The van der Waals surface area contributed by atoms with E-state index in [4.69, 9.17) is 0 Å². The van der Waals surface area contributed by atoms with Crippen molar-refractivity contribution in [1.82, 2.24) is 4.67 Å². The first kappa shape index (κ1) is 13.6. The van der Waals surface area contributed by atoms with Crippen molar-refractivity contribution in [2.24, 2.45) is 5.92 Å². The van der Waals surface area contributed by atoms with Gasteiger partial charge in [-0.25, -0.2) is 4.67 Å². The molecule has 0 aliphatic carbocycles. The van der Waals surface area contributed by atoms with E-state index in [1.54, 1.807) is 0 Å². The first-order valence-electron chi connectivity index (χ1n) is 7.12. The third-order valence-electron chi connectivity index (χ3n) is 3.97. The van der Waals surface area contributed by atoms with E-state index in [9.17, 15) is 4.57 Å². The third kappa shape index (κ3) is 2.24. The van der Waals surface area contributed by atoms with Crippen LogP contribution < -0.4 is 10.6 Å². The van der Waals surface area contributed by atoms with Crippen molar-refractivity contribution in [2.45, 2.75) is 19.9 Å². The second-order valence-corrected chi connectivity index (χ2v) is 8.38. The highest BCUT2D eigenvalue weighted by molar-refractivity contribution is 7.76. The fourth-order valence-electron chi connectivity index (χ4n) is 2.73. The monoisotopic (exact) mass is 285 g/mol. The van der Waals surface area contributed by atoms with Gasteiger partial charge in [0, 0.05) is 23.2 Å². The van der Waals surface area contributed by atoms with Crippen molar-refractivity contribution in [2.75, 3.05) is 6.54 Å². The maximum atomic E-state index is 13.8. The van der Waals surface area contributed by atoms with Crippen LogP contribution in [0.2, 0.25) is 0 Å². The summed E-state index contributed by atoms with van der Waals surface area (Å²) in [5.41, 5.74) is 0. The van der Waals surface area contributed by atoms with Crippen LogP contribution in [-0.2, 0) is 4.57 Å². The zero-order valence-corrected chi connectivity index (χ0v) is 12.8. The minimum absolute atomic E-state index is 0.432. The van der Waals surface area contributed by atoms with Crippen molar-refractivity contribution in [3.05, 3.63) is 60.7 Å². The van der Waals surface area contributed by atoms with Gasteiger partial charge in [-0.15, -0.1) is 0 Å². The van der Waals surface area contributed by atoms with Crippen molar-refractivity contribution in [3.8, 4) is 0 Å². The highest BCUT2D eigenvalue weighted by atomic mass is 31.2. The molecule has 1 saturated heterocycles. The summed E-state index contributed by atoms with van der Waals surface area (Å²) in [5.74, 6) is 0.538. The van der Waals surface area contributed by atoms with Gasteiger partial charge < -0.3 is 0 Å². The smallest absolute Gasteiger partial charge is 0.207 e. The van der Waals surface area contributed by atoms with Gasteiger partial charge in [-0.2, -0.15) is 0 Å². The number of hydrogen-bond acceptors (Lipinski definition) is 1. The molecule has 3 rings (SSSR count). The molecule has 0 bridgehead atoms. The Morgan fingerprint density at radius 3 is 1.75 bits per heavy atom. The van der Waals surface area contributed by atoms with Gasteiger partial charge in [0.25, 0.3) is 0 Å². The summed E-state index contributed by atoms with van der Waals surface area (Å²) in [6.07, 6.45) is 0. The van der Waals surface area contributed by atoms with Crippen LogP contribution in [0.1, 0.15) is 13.8 Å². The van der Waals surface area contributed by atoms with Gasteiger partial charge >= 0.3 is 0 Å². The standard InChI is InChI=1S/C17H20NOP/c1-14(2)17-13-18(17)20(19,15-9-5-3-6-10-15)16-11-7-4-8-12-16/h3-12,14,17H,13H2,1-2H3/t17-,18?/m1/s1. The van der Waals surface area contributed by atoms with Gasteiger partial charge in [0.1, 0.15) is 0 Å². The lowest BCUT2D eigenvalue weighted by Crippen LogP contribution is -2.23. The van der Waals surface area contributed by atoms with Crippen LogP contribution in [-0.4, -0.2) is 17.3 Å². The van der Waals surface area contributed by atoms with E-state index in [0.717, 1.165) is 17.2 Å². The summed E-state index contributed by atoms with van der Waals surface area (Å²) in [6.45, 7) is 5.33. The Balaban J connectivity index is 2.08. The zero-order chi connectivity index (χ0) is 14.2. The van der Waals surface area contributed by atoms with Gasteiger partial charge in [-0.1, -0.05) is 50.2 Å². The first-order chi connectivity index (χ1) is 9.64. The molecule has 0 N–H and O–H groups in total. The fraction of sp³-hybridized carbons (Fsp3) is 0.294. The number of rotatable bonds is 4. The molecule has 0 amide bonds. The molecule has 1 unspecified atom stereocenters. The highest BCUT2D eigenvalue weighted by Crippen LogP contribution is 2.56. The maximum absolute atomic E-state index is 13.8. The fourth-order valence-corrected chi connectivity index (χ4v) is 5.85. The van der Waals surface area contributed by atoms with E-state index in [2.05, 4.69) is 18.5 Å². The highest BCUT2D eigenvalue weighted by Gasteiger charge is 2.49. The van der Waals surface area contributed by atoms with Crippen molar-refractivity contribution in [1.29, 1.82) is 0 Å². The lowest BCUT2D eigenvalue weighted by Gasteiger charge is -2.22. The number of benzene rings is 2. The second-order valence-electron chi connectivity index (χ2n) is 5.68. The molecule has 104 valence electrons. The van der Waals surface area contributed by atoms with E-state index in [0.29, 0.717) is 12.0 Å². The molecule has 1 heterocycles. The second kappa shape index (κ2) is 5.20. The van der Waals surface area contributed by atoms with E-state index in [1.807, 2.05) is 60.7 Å². The summed E-state index contributed by atoms with van der Waals surface area (Å²) in [6, 6.07) is 20.2. The molecule has 2 nitrogen and oxygen atoms in total. The summed E-state index contributed by atoms with van der Waals surface area (Å²) >= 11 is 0. The predicted octanol–water partition coefficient (Wildman–Crippen LogP) is 3.26. The molecular formula is C17H20NOP. The van der Waals surface area contributed by atoms with Crippen LogP contribution in [0.3, 0.4) is 0 Å². The van der Waals surface area contributed by atoms with E-state index in [-0.39, 0.29) is 0 Å². The third-order valence-corrected chi connectivity index (χ3v) is 7.15. The SMILES string of the molecule is CC(C)[C@H]1CN1P(=O)(c1ccccc1)c1ccccc1. The molecule has 1 fully saturated rings. The van der Waals surface area contributed by atoms with Gasteiger partial charge in [-0.05, 0) is 30.2 Å². The maximum Gasteiger partial charge on any atom is 0.207 e. The van der Waals surface area contributed by atoms with Crippen LogP contribution in [0.4, 0.5) is 0 Å². The Hall–Kier alpha value is -1.37. The van der Waals surface area contributed by atoms with Crippen LogP contribution in [0.15, 0.2) is 60.7 Å². The van der Waals surface area contributed by atoms with Crippen molar-refractivity contribution >= 4 is 17.9 Å². The zero-order valence-electron chi connectivity index (χ0n) is 11.9. The molecule has 3 heteroatoms. The molecule has 1 aliphatic rings. The summed E-state index contributed by atoms with van der Waals surface area (Å²) in [4.78, 5) is 0. The Bertz CT molecular complexity index is 580. The molecule has 0 spiro atoms. The first-order valence-corrected chi connectivity index (χ1v) is 8.78. The summed E-state index contributed by atoms with van der Waals surface area (Å²) in [7, 11) is -2.66. The topological polar surface area (TPSA) is 20.1 Å². The lowest BCUT2D eigenvalue weighted by molar-refractivity contribution is 0.528. The Labute approximate surface area is 120 Å². The largest absolute Gasteiger partial charge is 0.296 e. The van der Waals surface area contributed by atoms with E-state index >= 15 is 0 Å². The van der Waals surface area contributed by atoms with Crippen LogP contribution in [0.25, 0.3) is 0 Å². The van der Waals surface area contributed by atoms with Crippen LogP contribution in [0.5, 0.6) is 0 Å². The Morgan fingerprint density at radius 1 is 0.950 bits per heavy atom. The van der Waals surface area contributed by atoms with Gasteiger partial charge in [0.05, 0.1) is 0 Å². The normalized spacial score (nSPS) is 21.9.